The standard InChI is InChI=1S/C16H21NO3/c1-2-3-11-6-8-13(9-7-11)15(18)17-14(16(19)20)10-12-4-5-12/h6-9,12,14H,2-5,10H2,1H3,(H,17,18)(H,19,20). The fraction of sp³-hybridized carbons (Fsp3) is 0.500. The van der Waals surface area contributed by atoms with E-state index in [1.165, 1.54) is 5.56 Å². The van der Waals surface area contributed by atoms with Crippen LogP contribution >= 0.6 is 0 Å². The fourth-order valence-electron chi connectivity index (χ4n) is 2.26. The van der Waals surface area contributed by atoms with Gasteiger partial charge in [-0.05, 0) is 36.5 Å². The summed E-state index contributed by atoms with van der Waals surface area (Å²) in [6.07, 6.45) is 4.74. The lowest BCUT2D eigenvalue weighted by Gasteiger charge is -2.14. The van der Waals surface area contributed by atoms with Gasteiger partial charge in [-0.3, -0.25) is 4.79 Å². The highest BCUT2D eigenvalue weighted by Crippen LogP contribution is 2.33. The Morgan fingerprint density at radius 1 is 1.30 bits per heavy atom. The molecule has 2 rings (SSSR count). The number of hydrogen-bond acceptors (Lipinski definition) is 2. The summed E-state index contributed by atoms with van der Waals surface area (Å²) in [6, 6.07) is 6.60. The van der Waals surface area contributed by atoms with Crippen molar-refractivity contribution in [2.24, 2.45) is 5.92 Å². The second-order valence-electron chi connectivity index (χ2n) is 5.49. The summed E-state index contributed by atoms with van der Waals surface area (Å²) < 4.78 is 0. The van der Waals surface area contributed by atoms with E-state index < -0.39 is 12.0 Å². The number of aliphatic carboxylic acids is 1. The van der Waals surface area contributed by atoms with Gasteiger partial charge in [0.05, 0.1) is 0 Å². The minimum Gasteiger partial charge on any atom is -0.480 e. The molecule has 0 saturated heterocycles. The van der Waals surface area contributed by atoms with Gasteiger partial charge < -0.3 is 10.4 Å². The second kappa shape index (κ2) is 6.55. The molecule has 0 heterocycles. The van der Waals surface area contributed by atoms with Gasteiger partial charge in [0.1, 0.15) is 6.04 Å². The zero-order chi connectivity index (χ0) is 14.5. The second-order valence-corrected chi connectivity index (χ2v) is 5.49. The van der Waals surface area contributed by atoms with Crippen molar-refractivity contribution in [3.63, 3.8) is 0 Å². The van der Waals surface area contributed by atoms with Crippen molar-refractivity contribution in [1.29, 1.82) is 0 Å². The Balaban J connectivity index is 1.96. The Morgan fingerprint density at radius 3 is 2.45 bits per heavy atom. The number of nitrogens with one attached hydrogen (secondary N) is 1. The molecule has 1 amide bonds. The van der Waals surface area contributed by atoms with Crippen molar-refractivity contribution in [3.8, 4) is 0 Å². The minimum absolute atomic E-state index is 0.305. The lowest BCUT2D eigenvalue weighted by atomic mass is 10.1. The van der Waals surface area contributed by atoms with Crippen molar-refractivity contribution in [2.75, 3.05) is 0 Å². The van der Waals surface area contributed by atoms with Crippen molar-refractivity contribution < 1.29 is 14.7 Å². The molecule has 1 aliphatic rings. The van der Waals surface area contributed by atoms with Crippen LogP contribution in [0.2, 0.25) is 0 Å². The highest BCUT2D eigenvalue weighted by atomic mass is 16.4. The van der Waals surface area contributed by atoms with Crippen LogP contribution < -0.4 is 5.32 Å². The zero-order valence-electron chi connectivity index (χ0n) is 11.8. The monoisotopic (exact) mass is 275 g/mol. The van der Waals surface area contributed by atoms with Crippen molar-refractivity contribution in [1.82, 2.24) is 5.32 Å². The molecule has 0 aromatic heterocycles. The summed E-state index contributed by atoms with van der Waals surface area (Å²) in [5.74, 6) is -0.794. The highest BCUT2D eigenvalue weighted by molar-refractivity contribution is 5.96. The first-order valence-corrected chi connectivity index (χ1v) is 7.22. The van der Waals surface area contributed by atoms with E-state index in [0.717, 1.165) is 25.7 Å². The molecule has 1 aromatic rings. The third-order valence-electron chi connectivity index (χ3n) is 3.62. The maximum atomic E-state index is 12.1. The molecule has 0 aliphatic heterocycles. The van der Waals surface area contributed by atoms with Gasteiger partial charge in [0.25, 0.3) is 5.91 Å². The van der Waals surface area contributed by atoms with Gasteiger partial charge in [0.15, 0.2) is 0 Å². The molecule has 1 fully saturated rings. The number of rotatable bonds is 7. The van der Waals surface area contributed by atoms with Gasteiger partial charge in [-0.2, -0.15) is 0 Å². The molecule has 1 aromatic carbocycles. The lowest BCUT2D eigenvalue weighted by molar-refractivity contribution is -0.139. The van der Waals surface area contributed by atoms with Crippen LogP contribution in [-0.4, -0.2) is 23.0 Å². The number of carboxylic acid groups (broad SMARTS) is 1. The summed E-state index contributed by atoms with van der Waals surface area (Å²) in [7, 11) is 0. The van der Waals surface area contributed by atoms with Gasteiger partial charge in [0, 0.05) is 5.56 Å². The molecule has 0 bridgehead atoms. The van der Waals surface area contributed by atoms with Gasteiger partial charge in [0.2, 0.25) is 0 Å². The minimum atomic E-state index is -0.951. The van der Waals surface area contributed by atoms with Gasteiger partial charge in [-0.1, -0.05) is 38.3 Å². The highest BCUT2D eigenvalue weighted by Gasteiger charge is 2.30. The maximum absolute atomic E-state index is 12.1. The molecule has 0 spiro atoms. The van der Waals surface area contributed by atoms with Crippen LogP contribution in [0.4, 0.5) is 0 Å². The smallest absolute Gasteiger partial charge is 0.326 e. The molecule has 1 aliphatic carbocycles. The predicted octanol–water partition coefficient (Wildman–Crippen LogP) is 2.62. The number of carbonyl (C=O) groups is 2. The molecule has 1 unspecified atom stereocenters. The Hall–Kier alpha value is -1.84. The van der Waals surface area contributed by atoms with Crippen LogP contribution in [0, 0.1) is 5.92 Å². The number of hydrogen-bond donors (Lipinski definition) is 2. The SMILES string of the molecule is CCCc1ccc(C(=O)NC(CC2CC2)C(=O)O)cc1. The molecule has 0 radical (unpaired) electrons. The van der Waals surface area contributed by atoms with E-state index >= 15 is 0 Å². The summed E-state index contributed by atoms with van der Waals surface area (Å²) in [4.78, 5) is 23.2. The molecule has 4 heteroatoms. The molecule has 108 valence electrons. The van der Waals surface area contributed by atoms with Crippen LogP contribution in [0.3, 0.4) is 0 Å². The number of benzene rings is 1. The van der Waals surface area contributed by atoms with E-state index in [9.17, 15) is 9.59 Å². The molecule has 2 N–H and O–H groups in total. The van der Waals surface area contributed by atoms with E-state index in [1.54, 1.807) is 12.1 Å². The molecule has 4 nitrogen and oxygen atoms in total. The average Bonchev–Trinajstić information content (AvgIpc) is 3.23. The fourth-order valence-corrected chi connectivity index (χ4v) is 2.26. The lowest BCUT2D eigenvalue weighted by Crippen LogP contribution is -2.41. The molecule has 20 heavy (non-hydrogen) atoms. The third-order valence-corrected chi connectivity index (χ3v) is 3.62. The quantitative estimate of drug-likeness (QED) is 0.804. The average molecular weight is 275 g/mol. The van der Waals surface area contributed by atoms with Gasteiger partial charge >= 0.3 is 5.97 Å². The Kier molecular flexibility index (Phi) is 4.77. The topological polar surface area (TPSA) is 66.4 Å². The van der Waals surface area contributed by atoms with Crippen molar-refractivity contribution >= 4 is 11.9 Å². The largest absolute Gasteiger partial charge is 0.480 e. The van der Waals surface area contributed by atoms with E-state index in [2.05, 4.69) is 12.2 Å². The number of amides is 1. The Morgan fingerprint density at radius 2 is 1.95 bits per heavy atom. The number of aryl methyl sites for hydroxylation is 1. The van der Waals surface area contributed by atoms with Crippen molar-refractivity contribution in [3.05, 3.63) is 35.4 Å². The summed E-state index contributed by atoms with van der Waals surface area (Å²) >= 11 is 0. The van der Waals surface area contributed by atoms with E-state index in [4.69, 9.17) is 5.11 Å². The van der Waals surface area contributed by atoms with Gasteiger partial charge in [-0.25, -0.2) is 4.79 Å². The van der Waals surface area contributed by atoms with Crippen LogP contribution in [0.25, 0.3) is 0 Å². The summed E-state index contributed by atoms with van der Waals surface area (Å²) in [5, 5.41) is 11.8. The Bertz CT molecular complexity index is 477. The maximum Gasteiger partial charge on any atom is 0.326 e. The Labute approximate surface area is 119 Å². The van der Waals surface area contributed by atoms with Gasteiger partial charge in [-0.15, -0.1) is 0 Å². The first-order chi connectivity index (χ1) is 9.60. The predicted molar refractivity (Wildman–Crippen MR) is 76.7 cm³/mol. The first-order valence-electron chi connectivity index (χ1n) is 7.22. The summed E-state index contributed by atoms with van der Waals surface area (Å²) in [5.41, 5.74) is 1.71. The van der Waals surface area contributed by atoms with Crippen molar-refractivity contribution in [2.45, 2.75) is 45.1 Å². The van der Waals surface area contributed by atoms with Crippen LogP contribution in [0.5, 0.6) is 0 Å². The number of carboxylic acids is 1. The third kappa shape index (κ3) is 4.08. The van der Waals surface area contributed by atoms with E-state index in [0.29, 0.717) is 17.9 Å². The molecule has 1 saturated carbocycles. The van der Waals surface area contributed by atoms with Crippen LogP contribution in [0.1, 0.15) is 48.5 Å². The number of carbonyl (C=O) groups excluding carboxylic acids is 1. The van der Waals surface area contributed by atoms with E-state index in [1.807, 2.05) is 12.1 Å². The molecular weight excluding hydrogens is 254 g/mol. The summed E-state index contributed by atoms with van der Waals surface area (Å²) in [6.45, 7) is 2.11. The zero-order valence-corrected chi connectivity index (χ0v) is 11.8. The molecular formula is C16H21NO3. The first kappa shape index (κ1) is 14.6. The molecule has 1 atom stereocenters. The van der Waals surface area contributed by atoms with E-state index in [-0.39, 0.29) is 5.91 Å². The normalized spacial score (nSPS) is 15.7. The van der Waals surface area contributed by atoms with Crippen LogP contribution in [0.15, 0.2) is 24.3 Å². The van der Waals surface area contributed by atoms with Crippen LogP contribution in [-0.2, 0) is 11.2 Å².